The van der Waals surface area contributed by atoms with Gasteiger partial charge in [0.1, 0.15) is 17.3 Å². The van der Waals surface area contributed by atoms with E-state index in [0.717, 1.165) is 42.2 Å². The first-order valence-electron chi connectivity index (χ1n) is 15.3. The lowest BCUT2D eigenvalue weighted by Crippen LogP contribution is -2.48. The SMILES string of the molecule is Cc1ccc(C(=O)NC(C)C)cc1-c1nc(NN2CCN(Cc3ccccc3)CC2)nc2c1CNC(=O)N2c1c(F)cccc1F. The Morgan fingerprint density at radius 2 is 1.67 bits per heavy atom. The van der Waals surface area contributed by atoms with Crippen LogP contribution in [0.25, 0.3) is 11.3 Å². The molecular weight excluding hydrogens is 590 g/mol. The van der Waals surface area contributed by atoms with Crippen molar-refractivity contribution in [3.05, 3.63) is 101 Å². The van der Waals surface area contributed by atoms with Gasteiger partial charge in [0.25, 0.3) is 5.91 Å². The summed E-state index contributed by atoms with van der Waals surface area (Å²) in [5, 5.41) is 7.61. The number of nitrogens with zero attached hydrogens (tertiary/aromatic N) is 5. The molecule has 2 aliphatic heterocycles. The lowest BCUT2D eigenvalue weighted by molar-refractivity contribution is 0.0943. The van der Waals surface area contributed by atoms with Gasteiger partial charge in [-0.25, -0.2) is 28.5 Å². The van der Waals surface area contributed by atoms with E-state index in [-0.39, 0.29) is 30.3 Å². The summed E-state index contributed by atoms with van der Waals surface area (Å²) >= 11 is 0. The van der Waals surface area contributed by atoms with E-state index in [9.17, 15) is 9.59 Å². The van der Waals surface area contributed by atoms with Crippen molar-refractivity contribution < 1.29 is 18.4 Å². The van der Waals surface area contributed by atoms with Crippen molar-refractivity contribution >= 4 is 29.4 Å². The van der Waals surface area contributed by atoms with Crippen LogP contribution in [0.4, 0.5) is 31.0 Å². The third-order valence-electron chi connectivity index (χ3n) is 8.03. The summed E-state index contributed by atoms with van der Waals surface area (Å²) in [6, 6.07) is 18.2. The van der Waals surface area contributed by atoms with Crippen molar-refractivity contribution in [2.45, 2.75) is 39.9 Å². The number of carbonyl (C=O) groups is 2. The molecule has 238 valence electrons. The zero-order chi connectivity index (χ0) is 32.4. The molecule has 6 rings (SSSR count). The topological polar surface area (TPSA) is 106 Å². The molecule has 10 nitrogen and oxygen atoms in total. The van der Waals surface area contributed by atoms with E-state index in [2.05, 4.69) is 38.1 Å². The van der Waals surface area contributed by atoms with Crippen LogP contribution in [0, 0.1) is 18.6 Å². The highest BCUT2D eigenvalue weighted by molar-refractivity contribution is 6.02. The molecule has 1 aromatic heterocycles. The third kappa shape index (κ3) is 6.53. The van der Waals surface area contributed by atoms with Crippen LogP contribution in [0.5, 0.6) is 0 Å². The van der Waals surface area contributed by atoms with Crippen molar-refractivity contribution in [2.75, 3.05) is 36.5 Å². The van der Waals surface area contributed by atoms with Gasteiger partial charge in [-0.15, -0.1) is 0 Å². The van der Waals surface area contributed by atoms with Gasteiger partial charge in [0.2, 0.25) is 5.95 Å². The maximum atomic E-state index is 15.1. The summed E-state index contributed by atoms with van der Waals surface area (Å²) in [5.74, 6) is -1.83. The van der Waals surface area contributed by atoms with Crippen LogP contribution >= 0.6 is 0 Å². The Balaban J connectivity index is 1.39. The second-order valence-corrected chi connectivity index (χ2v) is 11.8. The quantitative estimate of drug-likeness (QED) is 0.241. The number of para-hydroxylation sites is 1. The number of halogens is 2. The van der Waals surface area contributed by atoms with Crippen LogP contribution in [0.15, 0.2) is 66.7 Å². The van der Waals surface area contributed by atoms with E-state index in [1.807, 2.05) is 50.0 Å². The summed E-state index contributed by atoms with van der Waals surface area (Å²) in [4.78, 5) is 39.0. The number of aromatic nitrogens is 2. The number of benzene rings is 3. The monoisotopic (exact) mass is 626 g/mol. The van der Waals surface area contributed by atoms with Crippen LogP contribution in [0.2, 0.25) is 0 Å². The number of piperazine rings is 1. The molecule has 0 atom stereocenters. The molecule has 0 saturated carbocycles. The average molecular weight is 627 g/mol. The molecule has 0 spiro atoms. The zero-order valence-corrected chi connectivity index (χ0v) is 26.0. The molecule has 12 heteroatoms. The van der Waals surface area contributed by atoms with Crippen molar-refractivity contribution in [3.8, 4) is 11.3 Å². The number of hydrogen-bond donors (Lipinski definition) is 3. The van der Waals surface area contributed by atoms with Gasteiger partial charge >= 0.3 is 6.03 Å². The summed E-state index contributed by atoms with van der Waals surface area (Å²) in [6.45, 7) is 9.43. The number of nitrogens with one attached hydrogen (secondary N) is 3. The Morgan fingerprint density at radius 3 is 2.37 bits per heavy atom. The Kier molecular flexibility index (Phi) is 8.91. The number of carbonyl (C=O) groups excluding carboxylic acids is 2. The number of hydrogen-bond acceptors (Lipinski definition) is 7. The molecule has 46 heavy (non-hydrogen) atoms. The van der Waals surface area contributed by atoms with Crippen molar-refractivity contribution in [1.82, 2.24) is 30.5 Å². The molecule has 3 N–H and O–H groups in total. The normalized spacial score (nSPS) is 15.4. The van der Waals surface area contributed by atoms with E-state index >= 15 is 8.78 Å². The van der Waals surface area contributed by atoms with Gasteiger partial charge in [-0.05, 0) is 56.2 Å². The maximum absolute atomic E-state index is 15.1. The fourth-order valence-corrected chi connectivity index (χ4v) is 5.71. The number of amides is 3. The van der Waals surface area contributed by atoms with Gasteiger partial charge < -0.3 is 10.6 Å². The molecular formula is C34H36F2N8O2. The largest absolute Gasteiger partial charge is 0.350 e. The molecule has 0 aliphatic carbocycles. The molecule has 4 aromatic rings. The van der Waals surface area contributed by atoms with Crippen LogP contribution in [0.1, 0.15) is 40.9 Å². The van der Waals surface area contributed by atoms with E-state index in [0.29, 0.717) is 35.5 Å². The highest BCUT2D eigenvalue weighted by Gasteiger charge is 2.34. The van der Waals surface area contributed by atoms with E-state index in [4.69, 9.17) is 4.98 Å². The van der Waals surface area contributed by atoms with Gasteiger partial charge in [0, 0.05) is 55.5 Å². The Morgan fingerprint density at radius 1 is 0.957 bits per heavy atom. The first-order valence-corrected chi connectivity index (χ1v) is 15.3. The standard InChI is InChI=1S/C34H36F2N8O2/c1-21(2)38-32(45)24-13-12-22(3)25(18-24)29-26-19-37-34(46)44(30-27(35)10-7-11-28(30)36)31(26)40-33(39-29)41-43-16-14-42(15-17-43)20-23-8-5-4-6-9-23/h4-13,18,21H,14-17,19-20H2,1-3H3,(H,37,46)(H,38,45)(H,39,40,41). The van der Waals surface area contributed by atoms with Crippen LogP contribution in [-0.2, 0) is 13.1 Å². The Labute approximate surface area is 266 Å². The molecule has 0 unspecified atom stereocenters. The molecule has 3 aromatic carbocycles. The minimum Gasteiger partial charge on any atom is -0.350 e. The fraction of sp³-hybridized carbons (Fsp3) is 0.294. The van der Waals surface area contributed by atoms with E-state index in [1.165, 1.54) is 11.6 Å². The van der Waals surface area contributed by atoms with Gasteiger partial charge in [0.15, 0.2) is 5.82 Å². The number of urea groups is 1. The molecule has 3 heterocycles. The molecule has 3 amide bonds. The molecule has 0 radical (unpaired) electrons. The van der Waals surface area contributed by atoms with Crippen molar-refractivity contribution in [1.29, 1.82) is 0 Å². The molecule has 2 aliphatic rings. The summed E-state index contributed by atoms with van der Waals surface area (Å²) in [7, 11) is 0. The summed E-state index contributed by atoms with van der Waals surface area (Å²) in [6.07, 6.45) is 0. The van der Waals surface area contributed by atoms with Crippen LogP contribution in [0.3, 0.4) is 0 Å². The number of rotatable bonds is 8. The number of fused-ring (bicyclic) bond motifs is 1. The second-order valence-electron chi connectivity index (χ2n) is 11.8. The fourth-order valence-electron chi connectivity index (χ4n) is 5.71. The predicted molar refractivity (Wildman–Crippen MR) is 172 cm³/mol. The highest BCUT2D eigenvalue weighted by atomic mass is 19.1. The number of aryl methyl sites for hydroxylation is 1. The summed E-state index contributed by atoms with van der Waals surface area (Å²) < 4.78 is 30.2. The maximum Gasteiger partial charge on any atom is 0.328 e. The minimum atomic E-state index is -0.907. The smallest absolute Gasteiger partial charge is 0.328 e. The summed E-state index contributed by atoms with van der Waals surface area (Å²) in [5.41, 5.74) is 6.78. The van der Waals surface area contributed by atoms with E-state index in [1.54, 1.807) is 12.1 Å². The van der Waals surface area contributed by atoms with E-state index < -0.39 is 23.4 Å². The van der Waals surface area contributed by atoms with Gasteiger partial charge in [-0.2, -0.15) is 4.98 Å². The zero-order valence-electron chi connectivity index (χ0n) is 26.0. The minimum absolute atomic E-state index is 0.0242. The lowest BCUT2D eigenvalue weighted by atomic mass is 9.97. The first kappa shape index (κ1) is 31.1. The number of hydrazine groups is 1. The Hall–Kier alpha value is -4.94. The lowest BCUT2D eigenvalue weighted by Gasteiger charge is -2.35. The molecule has 1 saturated heterocycles. The first-order chi connectivity index (χ1) is 22.2. The van der Waals surface area contributed by atoms with Crippen molar-refractivity contribution in [3.63, 3.8) is 0 Å². The second kappa shape index (κ2) is 13.2. The highest BCUT2D eigenvalue weighted by Crippen LogP contribution is 2.39. The van der Waals surface area contributed by atoms with Gasteiger partial charge in [-0.1, -0.05) is 42.5 Å². The number of anilines is 3. The Bertz CT molecular complexity index is 1740. The van der Waals surface area contributed by atoms with Gasteiger partial charge in [0.05, 0.1) is 12.2 Å². The predicted octanol–water partition coefficient (Wildman–Crippen LogP) is 5.37. The molecule has 0 bridgehead atoms. The van der Waals surface area contributed by atoms with Gasteiger partial charge in [-0.3, -0.25) is 15.1 Å². The molecule has 1 fully saturated rings. The van der Waals surface area contributed by atoms with Crippen LogP contribution < -0.4 is 21.0 Å². The van der Waals surface area contributed by atoms with Crippen LogP contribution in [-0.4, -0.2) is 64.0 Å². The average Bonchev–Trinajstić information content (AvgIpc) is 3.03. The van der Waals surface area contributed by atoms with Crippen molar-refractivity contribution in [2.24, 2.45) is 0 Å². The third-order valence-corrected chi connectivity index (χ3v) is 8.03.